The van der Waals surface area contributed by atoms with Crippen LogP contribution in [0.2, 0.25) is 0 Å². The van der Waals surface area contributed by atoms with Crippen LogP contribution in [-0.2, 0) is 0 Å². The summed E-state index contributed by atoms with van der Waals surface area (Å²) in [7, 11) is 0. The first-order valence-electron chi connectivity index (χ1n) is 6.73. The summed E-state index contributed by atoms with van der Waals surface area (Å²) in [6.45, 7) is 6.83. The molecule has 1 nitrogen and oxygen atoms in total. The van der Waals surface area contributed by atoms with Crippen molar-refractivity contribution in [3.63, 3.8) is 0 Å². The normalized spacial score (nSPS) is 27.2. The lowest BCUT2D eigenvalue weighted by Gasteiger charge is -2.40. The van der Waals surface area contributed by atoms with Gasteiger partial charge in [0.05, 0.1) is 25.7 Å². The van der Waals surface area contributed by atoms with E-state index in [1.807, 2.05) is 0 Å². The standard InChI is InChI=1S/C13H26N/c1-2-3-10-14(11-6-7-12-14)13-8-4-5-9-13/h13H,2-12H2,1H3/q+1. The molecule has 0 spiro atoms. The number of quaternary nitrogens is 1. The Bertz CT molecular complexity index is 164. The van der Waals surface area contributed by atoms with Crippen molar-refractivity contribution in [1.29, 1.82) is 0 Å². The SMILES string of the molecule is CCCC[N+]1(C2CCCC2)CCCC1. The molecule has 1 saturated heterocycles. The van der Waals surface area contributed by atoms with Crippen molar-refractivity contribution in [2.24, 2.45) is 0 Å². The Hall–Kier alpha value is -0.0400. The minimum Gasteiger partial charge on any atom is -0.321 e. The highest BCUT2D eigenvalue weighted by Gasteiger charge is 2.40. The van der Waals surface area contributed by atoms with Crippen molar-refractivity contribution >= 4 is 0 Å². The van der Waals surface area contributed by atoms with Gasteiger partial charge < -0.3 is 4.48 Å². The van der Waals surface area contributed by atoms with Crippen LogP contribution in [0.1, 0.15) is 58.3 Å². The minimum absolute atomic E-state index is 1.06. The smallest absolute Gasteiger partial charge is 0.0890 e. The summed E-state index contributed by atoms with van der Waals surface area (Å²) in [5.41, 5.74) is 0. The average Bonchev–Trinajstić information content (AvgIpc) is 2.86. The second-order valence-corrected chi connectivity index (χ2v) is 5.39. The van der Waals surface area contributed by atoms with Gasteiger partial charge >= 0.3 is 0 Å². The van der Waals surface area contributed by atoms with E-state index >= 15 is 0 Å². The van der Waals surface area contributed by atoms with Gasteiger partial charge in [0.1, 0.15) is 0 Å². The highest BCUT2D eigenvalue weighted by atomic mass is 15.4. The fourth-order valence-electron chi connectivity index (χ4n) is 3.66. The lowest BCUT2D eigenvalue weighted by Crippen LogP contribution is -2.52. The van der Waals surface area contributed by atoms with E-state index in [2.05, 4.69) is 6.92 Å². The van der Waals surface area contributed by atoms with Gasteiger partial charge in [0, 0.05) is 12.8 Å². The van der Waals surface area contributed by atoms with Gasteiger partial charge in [-0.15, -0.1) is 0 Å². The van der Waals surface area contributed by atoms with Gasteiger partial charge in [-0.05, 0) is 32.1 Å². The van der Waals surface area contributed by atoms with Crippen molar-refractivity contribution in [2.45, 2.75) is 64.3 Å². The van der Waals surface area contributed by atoms with Gasteiger partial charge in [0.15, 0.2) is 0 Å². The maximum Gasteiger partial charge on any atom is 0.0890 e. The highest BCUT2D eigenvalue weighted by Crippen LogP contribution is 2.34. The van der Waals surface area contributed by atoms with Gasteiger partial charge in [0.2, 0.25) is 0 Å². The van der Waals surface area contributed by atoms with Gasteiger partial charge in [-0.1, -0.05) is 13.3 Å². The highest BCUT2D eigenvalue weighted by molar-refractivity contribution is 4.72. The zero-order valence-corrected chi connectivity index (χ0v) is 9.80. The Morgan fingerprint density at radius 1 is 1.00 bits per heavy atom. The Balaban J connectivity index is 1.97. The van der Waals surface area contributed by atoms with Crippen molar-refractivity contribution in [2.75, 3.05) is 19.6 Å². The van der Waals surface area contributed by atoms with E-state index in [1.165, 1.54) is 75.5 Å². The second kappa shape index (κ2) is 4.65. The minimum atomic E-state index is 1.06. The Morgan fingerprint density at radius 2 is 1.64 bits per heavy atom. The number of rotatable bonds is 4. The van der Waals surface area contributed by atoms with E-state index in [0.29, 0.717) is 0 Å². The third kappa shape index (κ3) is 1.98. The Labute approximate surface area is 89.1 Å². The Kier molecular flexibility index (Phi) is 3.48. The number of hydrogen-bond donors (Lipinski definition) is 0. The maximum atomic E-state index is 2.33. The van der Waals surface area contributed by atoms with Crippen LogP contribution in [0.25, 0.3) is 0 Å². The van der Waals surface area contributed by atoms with E-state index in [0.717, 1.165) is 6.04 Å². The fraction of sp³-hybridized carbons (Fsp3) is 1.00. The molecular weight excluding hydrogens is 170 g/mol. The summed E-state index contributed by atoms with van der Waals surface area (Å²) in [5, 5.41) is 0. The third-order valence-corrected chi connectivity index (χ3v) is 4.51. The van der Waals surface area contributed by atoms with Crippen LogP contribution in [0, 0.1) is 0 Å². The van der Waals surface area contributed by atoms with E-state index in [1.54, 1.807) is 0 Å². The van der Waals surface area contributed by atoms with Gasteiger partial charge in [0.25, 0.3) is 0 Å². The zero-order valence-electron chi connectivity index (χ0n) is 9.80. The molecule has 0 aromatic carbocycles. The lowest BCUT2D eigenvalue weighted by atomic mass is 10.1. The maximum absolute atomic E-state index is 2.33. The molecule has 0 N–H and O–H groups in total. The molecule has 2 rings (SSSR count). The molecule has 0 aromatic heterocycles. The molecule has 2 fully saturated rings. The summed E-state index contributed by atoms with van der Waals surface area (Å²) in [6.07, 6.45) is 11.9. The van der Waals surface area contributed by atoms with Crippen molar-refractivity contribution in [3.05, 3.63) is 0 Å². The molecule has 1 heterocycles. The molecule has 0 radical (unpaired) electrons. The molecule has 0 unspecified atom stereocenters. The molecule has 0 bridgehead atoms. The van der Waals surface area contributed by atoms with Gasteiger partial charge in [-0.2, -0.15) is 0 Å². The van der Waals surface area contributed by atoms with Crippen LogP contribution in [0.5, 0.6) is 0 Å². The second-order valence-electron chi connectivity index (χ2n) is 5.39. The first-order chi connectivity index (χ1) is 6.87. The predicted octanol–water partition coefficient (Wildman–Crippen LogP) is 3.34. The van der Waals surface area contributed by atoms with Crippen LogP contribution in [0.3, 0.4) is 0 Å². The van der Waals surface area contributed by atoms with Crippen molar-refractivity contribution in [3.8, 4) is 0 Å². The van der Waals surface area contributed by atoms with E-state index < -0.39 is 0 Å². The molecule has 1 heteroatoms. The molecule has 0 aromatic rings. The third-order valence-electron chi connectivity index (χ3n) is 4.51. The molecular formula is C13H26N+. The summed E-state index contributed by atoms with van der Waals surface area (Å²) in [5.74, 6) is 0. The number of nitrogens with zero attached hydrogens (tertiary/aromatic N) is 1. The van der Waals surface area contributed by atoms with Gasteiger partial charge in [-0.25, -0.2) is 0 Å². The summed E-state index contributed by atoms with van der Waals surface area (Å²) >= 11 is 0. The quantitative estimate of drug-likeness (QED) is 0.605. The molecule has 1 saturated carbocycles. The molecule has 82 valence electrons. The first-order valence-corrected chi connectivity index (χ1v) is 6.73. The largest absolute Gasteiger partial charge is 0.321 e. The first kappa shape index (κ1) is 10.5. The fourth-order valence-corrected chi connectivity index (χ4v) is 3.66. The molecule has 1 aliphatic carbocycles. The molecule has 0 atom stereocenters. The zero-order chi connectivity index (χ0) is 9.86. The molecule has 0 amide bonds. The number of hydrogen-bond acceptors (Lipinski definition) is 0. The van der Waals surface area contributed by atoms with Crippen LogP contribution < -0.4 is 0 Å². The molecule has 1 aliphatic heterocycles. The van der Waals surface area contributed by atoms with Crippen LogP contribution in [-0.4, -0.2) is 30.2 Å². The molecule has 14 heavy (non-hydrogen) atoms. The van der Waals surface area contributed by atoms with E-state index in [4.69, 9.17) is 0 Å². The summed E-state index contributed by atoms with van der Waals surface area (Å²) < 4.78 is 1.52. The number of unbranched alkanes of at least 4 members (excludes halogenated alkanes) is 1. The van der Waals surface area contributed by atoms with E-state index in [9.17, 15) is 0 Å². The summed E-state index contributed by atoms with van der Waals surface area (Å²) in [4.78, 5) is 0. The van der Waals surface area contributed by atoms with Crippen LogP contribution in [0.15, 0.2) is 0 Å². The predicted molar refractivity (Wildman–Crippen MR) is 61.3 cm³/mol. The van der Waals surface area contributed by atoms with Gasteiger partial charge in [-0.3, -0.25) is 0 Å². The molecule has 2 aliphatic rings. The van der Waals surface area contributed by atoms with Crippen LogP contribution in [0.4, 0.5) is 0 Å². The lowest BCUT2D eigenvalue weighted by molar-refractivity contribution is -0.940. The average molecular weight is 196 g/mol. The Morgan fingerprint density at radius 3 is 2.21 bits per heavy atom. The number of likely N-dealkylation sites (tertiary alicyclic amines) is 1. The van der Waals surface area contributed by atoms with Crippen molar-refractivity contribution < 1.29 is 4.48 Å². The van der Waals surface area contributed by atoms with Crippen LogP contribution >= 0.6 is 0 Å². The van der Waals surface area contributed by atoms with E-state index in [-0.39, 0.29) is 0 Å². The summed E-state index contributed by atoms with van der Waals surface area (Å²) in [6, 6.07) is 1.06. The monoisotopic (exact) mass is 196 g/mol. The van der Waals surface area contributed by atoms with Crippen molar-refractivity contribution in [1.82, 2.24) is 0 Å². The topological polar surface area (TPSA) is 0 Å².